The Bertz CT molecular complexity index is 494. The summed E-state index contributed by atoms with van der Waals surface area (Å²) in [6.45, 7) is 3.96. The number of aryl methyl sites for hydroxylation is 2. The lowest BCUT2D eigenvalue weighted by Crippen LogP contribution is -1.88. The van der Waals surface area contributed by atoms with E-state index in [9.17, 15) is 0 Å². The first-order chi connectivity index (χ1) is 7.65. The van der Waals surface area contributed by atoms with Gasteiger partial charge in [-0.25, -0.2) is 0 Å². The van der Waals surface area contributed by atoms with E-state index >= 15 is 0 Å². The average molecular weight is 234 g/mol. The fraction of sp³-hybridized carbons (Fsp3) is 0.250. The second-order valence-electron chi connectivity index (χ2n) is 3.74. The van der Waals surface area contributed by atoms with Crippen molar-refractivity contribution in [1.29, 1.82) is 0 Å². The summed E-state index contributed by atoms with van der Waals surface area (Å²) < 4.78 is 5.02. The Morgan fingerprint density at radius 2 is 2.12 bits per heavy atom. The van der Waals surface area contributed by atoms with Crippen LogP contribution in [-0.4, -0.2) is 5.16 Å². The first-order valence-electron chi connectivity index (χ1n) is 5.06. The number of nitrogen functional groups attached to an aromatic ring is 1. The Kier molecular flexibility index (Phi) is 3.19. The van der Waals surface area contributed by atoms with Gasteiger partial charge in [-0.1, -0.05) is 5.16 Å². The molecule has 0 atom stereocenters. The summed E-state index contributed by atoms with van der Waals surface area (Å²) >= 11 is 1.74. The van der Waals surface area contributed by atoms with E-state index < -0.39 is 0 Å². The third-order valence-corrected chi connectivity index (χ3v) is 3.46. The van der Waals surface area contributed by atoms with Gasteiger partial charge < -0.3 is 10.3 Å². The zero-order valence-corrected chi connectivity index (χ0v) is 10.2. The minimum Gasteiger partial charge on any atom is -0.399 e. The lowest BCUT2D eigenvalue weighted by atomic mass is 10.2. The van der Waals surface area contributed by atoms with Gasteiger partial charge in [0.1, 0.15) is 5.76 Å². The highest BCUT2D eigenvalue weighted by molar-refractivity contribution is 7.98. The number of hydrogen-bond acceptors (Lipinski definition) is 4. The summed E-state index contributed by atoms with van der Waals surface area (Å²) in [7, 11) is 0. The smallest absolute Gasteiger partial charge is 0.133 e. The topological polar surface area (TPSA) is 52.0 Å². The monoisotopic (exact) mass is 234 g/mol. The van der Waals surface area contributed by atoms with Gasteiger partial charge in [0.05, 0.1) is 5.69 Å². The SMILES string of the molecule is Cc1cc(CSc2ccc(N)cc2C)no1. The molecule has 1 heterocycles. The molecular weight excluding hydrogens is 220 g/mol. The number of benzene rings is 1. The first kappa shape index (κ1) is 11.1. The third kappa shape index (κ3) is 2.58. The van der Waals surface area contributed by atoms with Gasteiger partial charge in [0, 0.05) is 22.4 Å². The van der Waals surface area contributed by atoms with Crippen molar-refractivity contribution in [2.24, 2.45) is 0 Å². The molecular formula is C12H14N2OS. The number of hydrogen-bond donors (Lipinski definition) is 1. The van der Waals surface area contributed by atoms with Crippen LogP contribution in [0.3, 0.4) is 0 Å². The van der Waals surface area contributed by atoms with E-state index in [0.29, 0.717) is 0 Å². The van der Waals surface area contributed by atoms with Crippen LogP contribution in [0.15, 0.2) is 33.7 Å². The third-order valence-electron chi connectivity index (χ3n) is 2.25. The molecule has 2 N–H and O–H groups in total. The van der Waals surface area contributed by atoms with Crippen LogP contribution in [0.4, 0.5) is 5.69 Å². The largest absolute Gasteiger partial charge is 0.399 e. The second kappa shape index (κ2) is 4.61. The Morgan fingerprint density at radius 1 is 1.31 bits per heavy atom. The van der Waals surface area contributed by atoms with Crippen LogP contribution in [0.5, 0.6) is 0 Å². The summed E-state index contributed by atoms with van der Waals surface area (Å²) in [5, 5.41) is 3.96. The molecule has 1 aromatic heterocycles. The van der Waals surface area contributed by atoms with Crippen molar-refractivity contribution < 1.29 is 4.52 Å². The zero-order chi connectivity index (χ0) is 11.5. The predicted octanol–water partition coefficient (Wildman–Crippen LogP) is 3.17. The maximum absolute atomic E-state index is 5.70. The molecule has 84 valence electrons. The Morgan fingerprint density at radius 3 is 2.75 bits per heavy atom. The second-order valence-corrected chi connectivity index (χ2v) is 4.76. The summed E-state index contributed by atoms with van der Waals surface area (Å²) in [5.41, 5.74) is 8.68. The van der Waals surface area contributed by atoms with Gasteiger partial charge in [0.2, 0.25) is 0 Å². The zero-order valence-electron chi connectivity index (χ0n) is 9.36. The van der Waals surface area contributed by atoms with E-state index in [1.54, 1.807) is 11.8 Å². The van der Waals surface area contributed by atoms with Crippen molar-refractivity contribution in [3.63, 3.8) is 0 Å². The van der Waals surface area contributed by atoms with E-state index in [-0.39, 0.29) is 0 Å². The minimum absolute atomic E-state index is 0.805. The van der Waals surface area contributed by atoms with E-state index in [4.69, 9.17) is 10.3 Å². The fourth-order valence-corrected chi connectivity index (χ4v) is 2.36. The number of nitrogens with zero attached hydrogens (tertiary/aromatic N) is 1. The van der Waals surface area contributed by atoms with Crippen LogP contribution in [-0.2, 0) is 5.75 Å². The fourth-order valence-electron chi connectivity index (χ4n) is 1.47. The van der Waals surface area contributed by atoms with Crippen LogP contribution in [0.1, 0.15) is 17.0 Å². The van der Waals surface area contributed by atoms with Crippen LogP contribution >= 0.6 is 11.8 Å². The molecule has 0 saturated carbocycles. The van der Waals surface area contributed by atoms with Crippen molar-refractivity contribution in [2.45, 2.75) is 24.5 Å². The Balaban J connectivity index is 2.04. The molecule has 2 rings (SSSR count). The summed E-state index contributed by atoms with van der Waals surface area (Å²) in [4.78, 5) is 1.23. The van der Waals surface area contributed by atoms with Crippen LogP contribution < -0.4 is 5.73 Å². The van der Waals surface area contributed by atoms with Gasteiger partial charge in [-0.3, -0.25) is 0 Å². The molecule has 1 aromatic carbocycles. The van der Waals surface area contributed by atoms with E-state index in [1.165, 1.54) is 10.5 Å². The molecule has 0 amide bonds. The molecule has 0 unspecified atom stereocenters. The molecule has 3 nitrogen and oxygen atoms in total. The Labute approximate surface area is 99.0 Å². The van der Waals surface area contributed by atoms with Crippen molar-refractivity contribution in [3.8, 4) is 0 Å². The summed E-state index contributed by atoms with van der Waals surface area (Å²) in [6, 6.07) is 7.90. The van der Waals surface area contributed by atoms with E-state index in [0.717, 1.165) is 22.9 Å². The highest BCUT2D eigenvalue weighted by atomic mass is 32.2. The summed E-state index contributed by atoms with van der Waals surface area (Å²) in [6.07, 6.45) is 0. The molecule has 2 aromatic rings. The number of aromatic nitrogens is 1. The number of nitrogens with two attached hydrogens (primary N) is 1. The number of anilines is 1. The van der Waals surface area contributed by atoms with Gasteiger partial charge >= 0.3 is 0 Å². The van der Waals surface area contributed by atoms with Gasteiger partial charge in [-0.15, -0.1) is 11.8 Å². The molecule has 0 aliphatic carbocycles. The van der Waals surface area contributed by atoms with Crippen molar-refractivity contribution in [3.05, 3.63) is 41.3 Å². The minimum atomic E-state index is 0.805. The van der Waals surface area contributed by atoms with Gasteiger partial charge in [0.25, 0.3) is 0 Å². The molecule has 0 radical (unpaired) electrons. The lowest BCUT2D eigenvalue weighted by Gasteiger charge is -2.04. The highest BCUT2D eigenvalue weighted by Crippen LogP contribution is 2.27. The first-order valence-corrected chi connectivity index (χ1v) is 6.05. The van der Waals surface area contributed by atoms with Crippen LogP contribution in [0.2, 0.25) is 0 Å². The maximum atomic E-state index is 5.70. The number of rotatable bonds is 3. The quantitative estimate of drug-likeness (QED) is 0.654. The van der Waals surface area contributed by atoms with E-state index in [1.807, 2.05) is 31.2 Å². The summed E-state index contributed by atoms with van der Waals surface area (Å²) in [5.74, 6) is 1.67. The predicted molar refractivity (Wildman–Crippen MR) is 66.4 cm³/mol. The molecule has 16 heavy (non-hydrogen) atoms. The van der Waals surface area contributed by atoms with E-state index in [2.05, 4.69) is 12.1 Å². The highest BCUT2D eigenvalue weighted by Gasteiger charge is 2.03. The standard InChI is InChI=1S/C12H14N2OS/c1-8-5-10(13)3-4-12(8)16-7-11-6-9(2)15-14-11/h3-6H,7,13H2,1-2H3. The Hall–Kier alpha value is -1.42. The average Bonchev–Trinajstić information content (AvgIpc) is 2.63. The van der Waals surface area contributed by atoms with Crippen LogP contribution in [0, 0.1) is 13.8 Å². The van der Waals surface area contributed by atoms with Crippen molar-refractivity contribution in [2.75, 3.05) is 5.73 Å². The molecule has 0 aliphatic rings. The van der Waals surface area contributed by atoms with Gasteiger partial charge in [0.15, 0.2) is 0 Å². The number of thioether (sulfide) groups is 1. The maximum Gasteiger partial charge on any atom is 0.133 e. The van der Waals surface area contributed by atoms with Gasteiger partial charge in [-0.05, 0) is 37.6 Å². The van der Waals surface area contributed by atoms with Crippen molar-refractivity contribution in [1.82, 2.24) is 5.16 Å². The lowest BCUT2D eigenvalue weighted by molar-refractivity contribution is 0.393. The normalized spacial score (nSPS) is 10.6. The molecule has 0 spiro atoms. The van der Waals surface area contributed by atoms with Gasteiger partial charge in [-0.2, -0.15) is 0 Å². The van der Waals surface area contributed by atoms with Crippen molar-refractivity contribution >= 4 is 17.4 Å². The molecule has 4 heteroatoms. The van der Waals surface area contributed by atoms with Crippen LogP contribution in [0.25, 0.3) is 0 Å². The molecule has 0 aliphatic heterocycles. The molecule has 0 saturated heterocycles. The molecule has 0 bridgehead atoms. The molecule has 0 fully saturated rings.